The third kappa shape index (κ3) is 3.73. The maximum atomic E-state index is 9.68. The standard InChI is InChI=1S/C16H23ClO/c17-16-10-6-5-9-14(16)11-15(12-18)13-7-3-1-2-4-8-13/h5-6,9-10,13,15,18H,1-4,7-8,11-12H2. The van der Waals surface area contributed by atoms with Crippen molar-refractivity contribution in [2.45, 2.75) is 44.9 Å². The molecule has 1 N–H and O–H groups in total. The Morgan fingerprint density at radius 2 is 1.78 bits per heavy atom. The lowest BCUT2D eigenvalue weighted by Gasteiger charge is -2.24. The molecule has 2 rings (SSSR count). The largest absolute Gasteiger partial charge is 0.396 e. The highest BCUT2D eigenvalue weighted by Crippen LogP contribution is 2.32. The minimum absolute atomic E-state index is 0.288. The maximum absolute atomic E-state index is 9.68. The Labute approximate surface area is 115 Å². The molecule has 0 bridgehead atoms. The lowest BCUT2D eigenvalue weighted by atomic mass is 9.82. The molecule has 1 nitrogen and oxygen atoms in total. The molecule has 0 amide bonds. The van der Waals surface area contributed by atoms with Gasteiger partial charge in [0.1, 0.15) is 0 Å². The van der Waals surface area contributed by atoms with Gasteiger partial charge in [-0.1, -0.05) is 68.3 Å². The molecule has 18 heavy (non-hydrogen) atoms. The Kier molecular flexibility index (Phi) is 5.52. The minimum Gasteiger partial charge on any atom is -0.396 e. The van der Waals surface area contributed by atoms with E-state index in [4.69, 9.17) is 11.6 Å². The average molecular weight is 267 g/mol. The third-order valence-corrected chi connectivity index (χ3v) is 4.61. The molecular formula is C16H23ClO. The van der Waals surface area contributed by atoms with E-state index in [1.807, 2.05) is 18.2 Å². The predicted molar refractivity (Wildman–Crippen MR) is 76.9 cm³/mol. The molecule has 0 spiro atoms. The van der Waals surface area contributed by atoms with Crippen molar-refractivity contribution in [1.29, 1.82) is 0 Å². The molecule has 1 aromatic rings. The topological polar surface area (TPSA) is 20.2 Å². The van der Waals surface area contributed by atoms with Crippen molar-refractivity contribution in [2.24, 2.45) is 11.8 Å². The Morgan fingerprint density at radius 1 is 1.11 bits per heavy atom. The van der Waals surface area contributed by atoms with Crippen molar-refractivity contribution in [2.75, 3.05) is 6.61 Å². The first-order valence-electron chi connectivity index (χ1n) is 7.15. The van der Waals surface area contributed by atoms with Gasteiger partial charge >= 0.3 is 0 Å². The smallest absolute Gasteiger partial charge is 0.0465 e. The summed E-state index contributed by atoms with van der Waals surface area (Å²) in [4.78, 5) is 0. The second-order valence-electron chi connectivity index (χ2n) is 5.49. The first-order valence-corrected chi connectivity index (χ1v) is 7.53. The normalized spacial score (nSPS) is 19.4. The summed E-state index contributed by atoms with van der Waals surface area (Å²) in [6, 6.07) is 8.02. The summed E-state index contributed by atoms with van der Waals surface area (Å²) in [7, 11) is 0. The number of hydrogen-bond acceptors (Lipinski definition) is 1. The number of hydrogen-bond donors (Lipinski definition) is 1. The number of halogens is 1. The summed E-state index contributed by atoms with van der Waals surface area (Å²) in [5, 5.41) is 10.5. The molecule has 0 saturated heterocycles. The van der Waals surface area contributed by atoms with E-state index in [1.165, 1.54) is 44.1 Å². The summed E-state index contributed by atoms with van der Waals surface area (Å²) >= 11 is 6.21. The van der Waals surface area contributed by atoms with Crippen LogP contribution in [0.5, 0.6) is 0 Å². The van der Waals surface area contributed by atoms with Crippen molar-refractivity contribution in [3.8, 4) is 0 Å². The zero-order chi connectivity index (χ0) is 12.8. The van der Waals surface area contributed by atoms with Crippen molar-refractivity contribution in [3.63, 3.8) is 0 Å². The highest BCUT2D eigenvalue weighted by Gasteiger charge is 2.22. The zero-order valence-corrected chi connectivity index (χ0v) is 11.7. The van der Waals surface area contributed by atoms with Crippen LogP contribution in [0, 0.1) is 11.8 Å². The fourth-order valence-electron chi connectivity index (χ4n) is 3.11. The van der Waals surface area contributed by atoms with Gasteiger partial charge in [0.15, 0.2) is 0 Å². The van der Waals surface area contributed by atoms with Crippen molar-refractivity contribution in [3.05, 3.63) is 34.9 Å². The van der Waals surface area contributed by atoms with E-state index >= 15 is 0 Å². The Balaban J connectivity index is 2.02. The number of benzene rings is 1. The van der Waals surface area contributed by atoms with E-state index in [2.05, 4.69) is 6.07 Å². The molecule has 1 aromatic carbocycles. The van der Waals surface area contributed by atoms with E-state index < -0.39 is 0 Å². The quantitative estimate of drug-likeness (QED) is 0.798. The fourth-order valence-corrected chi connectivity index (χ4v) is 3.32. The van der Waals surface area contributed by atoms with Crippen LogP contribution in [0.3, 0.4) is 0 Å². The van der Waals surface area contributed by atoms with E-state index in [-0.39, 0.29) is 6.61 Å². The molecule has 1 atom stereocenters. The first kappa shape index (κ1) is 13.9. The minimum atomic E-state index is 0.288. The molecule has 0 heterocycles. The monoisotopic (exact) mass is 266 g/mol. The molecular weight excluding hydrogens is 244 g/mol. The van der Waals surface area contributed by atoms with Crippen LogP contribution in [0.15, 0.2) is 24.3 Å². The van der Waals surface area contributed by atoms with Crippen molar-refractivity contribution >= 4 is 11.6 Å². The lowest BCUT2D eigenvalue weighted by Crippen LogP contribution is -2.21. The fraction of sp³-hybridized carbons (Fsp3) is 0.625. The molecule has 1 unspecified atom stereocenters. The van der Waals surface area contributed by atoms with E-state index in [9.17, 15) is 5.11 Å². The first-order chi connectivity index (χ1) is 8.81. The molecule has 1 aliphatic rings. The second-order valence-corrected chi connectivity index (χ2v) is 5.90. The maximum Gasteiger partial charge on any atom is 0.0465 e. The molecule has 1 aliphatic carbocycles. The van der Waals surface area contributed by atoms with Crippen molar-refractivity contribution in [1.82, 2.24) is 0 Å². The molecule has 2 heteroatoms. The molecule has 0 aliphatic heterocycles. The van der Waals surface area contributed by atoms with Crippen LogP contribution < -0.4 is 0 Å². The van der Waals surface area contributed by atoms with Gasteiger partial charge in [-0.2, -0.15) is 0 Å². The summed E-state index contributed by atoms with van der Waals surface area (Å²) in [5.74, 6) is 1.05. The van der Waals surface area contributed by atoms with Gasteiger partial charge in [0.05, 0.1) is 0 Å². The van der Waals surface area contributed by atoms with Gasteiger partial charge < -0.3 is 5.11 Å². The van der Waals surface area contributed by atoms with Crippen molar-refractivity contribution < 1.29 is 5.11 Å². The highest BCUT2D eigenvalue weighted by molar-refractivity contribution is 6.31. The zero-order valence-electron chi connectivity index (χ0n) is 10.9. The summed E-state index contributed by atoms with van der Waals surface area (Å²) in [6.07, 6.45) is 8.83. The van der Waals surface area contributed by atoms with Crippen LogP contribution in [-0.4, -0.2) is 11.7 Å². The van der Waals surface area contributed by atoms with Crippen LogP contribution in [-0.2, 0) is 6.42 Å². The van der Waals surface area contributed by atoms with E-state index in [1.54, 1.807) is 0 Å². The summed E-state index contributed by atoms with van der Waals surface area (Å²) in [5.41, 5.74) is 1.18. The van der Waals surface area contributed by atoms with Crippen LogP contribution in [0.25, 0.3) is 0 Å². The van der Waals surface area contributed by atoms with Crippen LogP contribution in [0.2, 0.25) is 5.02 Å². The van der Waals surface area contributed by atoms with Gasteiger partial charge in [-0.3, -0.25) is 0 Å². The van der Waals surface area contributed by atoms with Gasteiger partial charge in [0, 0.05) is 11.6 Å². The van der Waals surface area contributed by atoms with Gasteiger partial charge in [-0.05, 0) is 29.9 Å². The molecule has 1 saturated carbocycles. The Morgan fingerprint density at radius 3 is 2.39 bits per heavy atom. The Bertz CT molecular complexity index is 356. The van der Waals surface area contributed by atoms with Gasteiger partial charge in [-0.25, -0.2) is 0 Å². The Hall–Kier alpha value is -0.530. The summed E-state index contributed by atoms with van der Waals surface area (Å²) < 4.78 is 0. The molecule has 0 aromatic heterocycles. The summed E-state index contributed by atoms with van der Waals surface area (Å²) in [6.45, 7) is 0.288. The van der Waals surface area contributed by atoms with E-state index in [0.29, 0.717) is 11.8 Å². The lowest BCUT2D eigenvalue weighted by molar-refractivity contribution is 0.163. The number of rotatable bonds is 4. The highest BCUT2D eigenvalue weighted by atomic mass is 35.5. The van der Waals surface area contributed by atoms with E-state index in [0.717, 1.165) is 11.4 Å². The SMILES string of the molecule is OCC(Cc1ccccc1Cl)C1CCCCCC1. The number of aliphatic hydroxyl groups excluding tert-OH is 1. The van der Waals surface area contributed by atoms with Crippen LogP contribution in [0.4, 0.5) is 0 Å². The predicted octanol–water partition coefficient (Wildman–Crippen LogP) is 4.46. The number of aliphatic hydroxyl groups is 1. The second kappa shape index (κ2) is 7.16. The molecule has 100 valence electrons. The van der Waals surface area contributed by atoms with Gasteiger partial charge in [0.25, 0.3) is 0 Å². The van der Waals surface area contributed by atoms with Gasteiger partial charge in [-0.15, -0.1) is 0 Å². The average Bonchev–Trinajstić information content (AvgIpc) is 2.67. The third-order valence-electron chi connectivity index (χ3n) is 4.24. The molecule has 1 fully saturated rings. The van der Waals surface area contributed by atoms with Gasteiger partial charge in [0.2, 0.25) is 0 Å². The molecule has 0 radical (unpaired) electrons. The van der Waals surface area contributed by atoms with Crippen LogP contribution >= 0.6 is 11.6 Å². The van der Waals surface area contributed by atoms with Crippen LogP contribution in [0.1, 0.15) is 44.1 Å².